The Morgan fingerprint density at radius 3 is 2.30 bits per heavy atom. The first-order valence-electron chi connectivity index (χ1n) is 11.8. The van der Waals surface area contributed by atoms with Gasteiger partial charge in [0.05, 0.1) is 32.6 Å². The van der Waals surface area contributed by atoms with Crippen molar-refractivity contribution in [1.82, 2.24) is 5.01 Å². The Morgan fingerprint density at radius 2 is 1.68 bits per heavy atom. The molecule has 0 radical (unpaired) electrons. The summed E-state index contributed by atoms with van der Waals surface area (Å²) in [4.78, 5) is 63.7. The zero-order valence-corrected chi connectivity index (χ0v) is 22.0. The predicted octanol–water partition coefficient (Wildman–Crippen LogP) is 5.02. The van der Waals surface area contributed by atoms with E-state index in [0.717, 1.165) is 10.5 Å². The van der Waals surface area contributed by atoms with E-state index in [0.29, 0.717) is 5.01 Å². The summed E-state index contributed by atoms with van der Waals surface area (Å²) in [6.07, 6.45) is -0.848. The fourth-order valence-electron chi connectivity index (χ4n) is 3.74. The van der Waals surface area contributed by atoms with Crippen LogP contribution in [-0.2, 0) is 14.4 Å². The Morgan fingerprint density at radius 1 is 1.02 bits per heavy atom. The minimum atomic E-state index is -1.23. The summed E-state index contributed by atoms with van der Waals surface area (Å²) in [5.41, 5.74) is 1.43. The number of hydrogen-bond acceptors (Lipinski definition) is 9. The molecule has 12 nitrogen and oxygen atoms in total. The molecule has 1 unspecified atom stereocenters. The van der Waals surface area contributed by atoms with Crippen LogP contribution in [-0.4, -0.2) is 45.3 Å². The van der Waals surface area contributed by atoms with Gasteiger partial charge < -0.3 is 0 Å². The van der Waals surface area contributed by atoms with Gasteiger partial charge >= 0.3 is 0 Å². The molecule has 40 heavy (non-hydrogen) atoms. The summed E-state index contributed by atoms with van der Waals surface area (Å²) in [5.74, 6) is -3.43. The third kappa shape index (κ3) is 5.97. The van der Waals surface area contributed by atoms with Gasteiger partial charge in [0.25, 0.3) is 23.4 Å². The predicted molar refractivity (Wildman–Crippen MR) is 145 cm³/mol. The van der Waals surface area contributed by atoms with Gasteiger partial charge in [-0.1, -0.05) is 41.4 Å². The average Bonchev–Trinajstić information content (AvgIpc) is 3.22. The van der Waals surface area contributed by atoms with Crippen molar-refractivity contribution in [2.45, 2.75) is 26.3 Å². The van der Waals surface area contributed by atoms with Crippen LogP contribution in [0.4, 0.5) is 17.1 Å². The summed E-state index contributed by atoms with van der Waals surface area (Å²) >= 11 is 6.19. The summed E-state index contributed by atoms with van der Waals surface area (Å²) in [5, 5.41) is 23.2. The van der Waals surface area contributed by atoms with Crippen LogP contribution in [0.3, 0.4) is 0 Å². The third-order valence-electron chi connectivity index (χ3n) is 5.83. The molecule has 1 aliphatic rings. The number of amides is 4. The van der Waals surface area contributed by atoms with Gasteiger partial charge in [0.2, 0.25) is 5.91 Å². The molecule has 0 aromatic heterocycles. The SMILES string of the molecule is CC1=NN(C(=O)CC(=O)N(C(=O)c2ccccc2Cl)c2ccc(C)cc2)C(=O)C1N=Nc1ccc([N+](=O)[O-])cc1. The van der Waals surface area contributed by atoms with Gasteiger partial charge in [-0.15, -0.1) is 0 Å². The molecule has 13 heteroatoms. The molecule has 1 aliphatic heterocycles. The van der Waals surface area contributed by atoms with Crippen LogP contribution in [0.15, 0.2) is 88.1 Å². The van der Waals surface area contributed by atoms with Crippen molar-refractivity contribution in [3.05, 3.63) is 99.1 Å². The Labute approximate surface area is 232 Å². The van der Waals surface area contributed by atoms with Gasteiger partial charge in [-0.3, -0.25) is 29.3 Å². The Balaban J connectivity index is 1.52. The van der Waals surface area contributed by atoms with Crippen LogP contribution in [0.2, 0.25) is 5.02 Å². The molecule has 3 aromatic carbocycles. The third-order valence-corrected chi connectivity index (χ3v) is 6.16. The monoisotopic (exact) mass is 560 g/mol. The lowest BCUT2D eigenvalue weighted by atomic mass is 10.1. The number of benzene rings is 3. The van der Waals surface area contributed by atoms with Gasteiger partial charge in [-0.05, 0) is 50.2 Å². The second-order valence-electron chi connectivity index (χ2n) is 8.70. The van der Waals surface area contributed by atoms with E-state index in [4.69, 9.17) is 11.6 Å². The average molecular weight is 561 g/mol. The number of rotatable bonds is 7. The number of nitro groups is 1. The molecule has 0 N–H and O–H groups in total. The van der Waals surface area contributed by atoms with E-state index in [9.17, 15) is 29.3 Å². The van der Waals surface area contributed by atoms with Crippen molar-refractivity contribution >= 4 is 58.0 Å². The number of aryl methyl sites for hydroxylation is 1. The maximum atomic E-state index is 13.4. The second-order valence-corrected chi connectivity index (χ2v) is 9.11. The number of non-ortho nitro benzene ring substituents is 1. The fourth-order valence-corrected chi connectivity index (χ4v) is 3.96. The first kappa shape index (κ1) is 27.9. The molecule has 4 rings (SSSR count). The van der Waals surface area contributed by atoms with Crippen LogP contribution in [0, 0.1) is 17.0 Å². The summed E-state index contributed by atoms with van der Waals surface area (Å²) in [7, 11) is 0. The van der Waals surface area contributed by atoms with Gasteiger partial charge in [0, 0.05) is 12.1 Å². The number of anilines is 1. The highest BCUT2D eigenvalue weighted by atomic mass is 35.5. The van der Waals surface area contributed by atoms with Crippen LogP contribution in [0.5, 0.6) is 0 Å². The van der Waals surface area contributed by atoms with E-state index in [1.807, 2.05) is 6.92 Å². The van der Waals surface area contributed by atoms with E-state index >= 15 is 0 Å². The number of nitrogens with zero attached hydrogens (tertiary/aromatic N) is 6. The molecule has 0 bridgehead atoms. The molecule has 202 valence electrons. The lowest BCUT2D eigenvalue weighted by Gasteiger charge is -2.22. The van der Waals surface area contributed by atoms with Crippen LogP contribution >= 0.6 is 11.6 Å². The van der Waals surface area contributed by atoms with Crippen molar-refractivity contribution in [2.75, 3.05) is 4.90 Å². The van der Waals surface area contributed by atoms with Crippen molar-refractivity contribution in [3.63, 3.8) is 0 Å². The summed E-state index contributed by atoms with van der Waals surface area (Å²) in [6, 6.07) is 16.7. The van der Waals surface area contributed by atoms with E-state index in [1.165, 1.54) is 43.3 Å². The molecule has 1 heterocycles. The lowest BCUT2D eigenvalue weighted by molar-refractivity contribution is -0.384. The fraction of sp³-hybridized carbons (Fsp3) is 0.148. The van der Waals surface area contributed by atoms with Crippen molar-refractivity contribution in [2.24, 2.45) is 15.3 Å². The molecule has 0 fully saturated rings. The zero-order valence-electron chi connectivity index (χ0n) is 21.2. The molecular formula is C27H21ClN6O6. The van der Waals surface area contributed by atoms with E-state index in [2.05, 4.69) is 15.3 Å². The molecule has 0 spiro atoms. The molecule has 0 saturated heterocycles. The highest BCUT2D eigenvalue weighted by molar-refractivity contribution is 6.36. The maximum absolute atomic E-state index is 13.4. The topological polar surface area (TPSA) is 155 Å². The highest BCUT2D eigenvalue weighted by Crippen LogP contribution is 2.25. The normalized spacial score (nSPS) is 14.8. The number of carbonyl (C=O) groups excluding carboxylic acids is 4. The number of halogens is 1. The number of hydrogen-bond donors (Lipinski definition) is 0. The van der Waals surface area contributed by atoms with Gasteiger partial charge in [-0.2, -0.15) is 20.3 Å². The van der Waals surface area contributed by atoms with Gasteiger partial charge in [-0.25, -0.2) is 4.90 Å². The molecule has 4 amide bonds. The minimum absolute atomic E-state index is 0.0587. The number of azo groups is 1. The van der Waals surface area contributed by atoms with Gasteiger partial charge in [0.1, 0.15) is 6.42 Å². The smallest absolute Gasteiger partial charge is 0.273 e. The van der Waals surface area contributed by atoms with Crippen molar-refractivity contribution in [1.29, 1.82) is 0 Å². The Hall–Kier alpha value is -5.10. The van der Waals surface area contributed by atoms with Crippen LogP contribution in [0.1, 0.15) is 29.3 Å². The maximum Gasteiger partial charge on any atom is 0.282 e. The number of nitro benzene ring substituents is 1. The largest absolute Gasteiger partial charge is 0.282 e. The zero-order chi connectivity index (χ0) is 29.0. The van der Waals surface area contributed by atoms with E-state index in [-0.39, 0.29) is 33.4 Å². The first-order valence-corrected chi connectivity index (χ1v) is 12.2. The molecule has 3 aromatic rings. The van der Waals surface area contributed by atoms with Crippen molar-refractivity contribution in [3.8, 4) is 0 Å². The van der Waals surface area contributed by atoms with E-state index in [1.54, 1.807) is 36.4 Å². The van der Waals surface area contributed by atoms with Crippen molar-refractivity contribution < 1.29 is 24.1 Å². The van der Waals surface area contributed by atoms with Crippen LogP contribution in [0.25, 0.3) is 0 Å². The standard InChI is InChI=1S/C27H21ClN6O6/c1-16-7-11-19(12-8-16)32(26(37)21-5-3-4-6-22(21)28)23(35)15-24(36)33-27(38)25(17(2)31-33)30-29-18-9-13-20(14-10-18)34(39)40/h3-14,25H,15H2,1-2H3. The number of hydrazone groups is 1. The van der Waals surface area contributed by atoms with E-state index < -0.39 is 41.0 Å². The second kappa shape index (κ2) is 11.7. The summed E-state index contributed by atoms with van der Waals surface area (Å²) in [6.45, 7) is 3.30. The minimum Gasteiger partial charge on any atom is -0.273 e. The highest BCUT2D eigenvalue weighted by Gasteiger charge is 2.39. The number of imide groups is 2. The Bertz CT molecular complexity index is 1570. The molecule has 0 saturated carbocycles. The summed E-state index contributed by atoms with van der Waals surface area (Å²) < 4.78 is 0. The van der Waals surface area contributed by atoms with Gasteiger partial charge in [0.15, 0.2) is 6.04 Å². The quantitative estimate of drug-likeness (QED) is 0.171. The Kier molecular flexibility index (Phi) is 8.20. The molecule has 0 aliphatic carbocycles. The van der Waals surface area contributed by atoms with Crippen LogP contribution < -0.4 is 4.90 Å². The molecule has 1 atom stereocenters. The molecular weight excluding hydrogens is 540 g/mol. The number of carbonyl (C=O) groups is 4. The first-order chi connectivity index (χ1) is 19.1. The lowest BCUT2D eigenvalue weighted by Crippen LogP contribution is -2.42.